The summed E-state index contributed by atoms with van der Waals surface area (Å²) in [6.45, 7) is 6.23. The van der Waals surface area contributed by atoms with Gasteiger partial charge in [-0.25, -0.2) is 0 Å². The summed E-state index contributed by atoms with van der Waals surface area (Å²) < 4.78 is 16.6. The lowest BCUT2D eigenvalue weighted by atomic mass is 10.1. The van der Waals surface area contributed by atoms with E-state index in [9.17, 15) is 14.4 Å². The number of unbranched alkanes of at least 4 members (excludes halogenated alkanes) is 17. The first-order valence-electron chi connectivity index (χ1n) is 23.8. The van der Waals surface area contributed by atoms with E-state index < -0.39 is 12.1 Å². The lowest BCUT2D eigenvalue weighted by molar-refractivity contribution is -0.166. The van der Waals surface area contributed by atoms with Gasteiger partial charge in [0, 0.05) is 12.8 Å². The summed E-state index contributed by atoms with van der Waals surface area (Å²) >= 11 is 0. The molecule has 0 aromatic rings. The third-order valence-electron chi connectivity index (χ3n) is 9.65. The van der Waals surface area contributed by atoms with Gasteiger partial charge in [-0.1, -0.05) is 195 Å². The number of esters is 3. The van der Waals surface area contributed by atoms with E-state index in [1.165, 1.54) is 70.6 Å². The zero-order valence-corrected chi connectivity index (χ0v) is 38.0. The Morgan fingerprint density at radius 2 is 0.814 bits per heavy atom. The van der Waals surface area contributed by atoms with Crippen molar-refractivity contribution in [2.24, 2.45) is 0 Å². The van der Waals surface area contributed by atoms with Crippen molar-refractivity contribution in [1.29, 1.82) is 0 Å². The van der Waals surface area contributed by atoms with Gasteiger partial charge in [-0.15, -0.1) is 0 Å². The van der Waals surface area contributed by atoms with Crippen molar-refractivity contribution in [1.82, 2.24) is 0 Å². The Morgan fingerprint density at radius 1 is 0.390 bits per heavy atom. The standard InChI is InChI=1S/C53H86O6/c1-4-7-10-13-16-19-21-23-25-26-28-29-31-34-37-40-43-46-52(55)58-49-50(48-57-51(54)45-42-39-36-33-18-15-12-9-6-3)59-53(56)47-44-41-38-35-32-30-27-24-22-20-17-14-11-8-5-2/h8-9,11-12,14,16-20,22-23,25,33,39,42,50H,4-7,10,13,15,21,24,26-32,34-38,40-41,43-49H2,1-3H3/b11-8-,12-9-,17-14-,19-16-,22-20-,25-23-,33-18-,42-39-. The predicted molar refractivity (Wildman–Crippen MR) is 251 cm³/mol. The zero-order valence-electron chi connectivity index (χ0n) is 38.0. The molecule has 0 aromatic carbocycles. The molecule has 0 rings (SSSR count). The van der Waals surface area contributed by atoms with Crippen LogP contribution in [0.15, 0.2) is 97.2 Å². The summed E-state index contributed by atoms with van der Waals surface area (Å²) in [5.74, 6) is -1.07. The fourth-order valence-electron chi connectivity index (χ4n) is 6.12. The first-order chi connectivity index (χ1) is 29.0. The van der Waals surface area contributed by atoms with Gasteiger partial charge in [-0.3, -0.25) is 14.4 Å². The van der Waals surface area contributed by atoms with E-state index in [0.717, 1.165) is 89.9 Å². The highest BCUT2D eigenvalue weighted by Gasteiger charge is 2.19. The molecule has 0 N–H and O–H groups in total. The Balaban J connectivity index is 4.43. The molecule has 6 nitrogen and oxygen atoms in total. The molecule has 1 atom stereocenters. The van der Waals surface area contributed by atoms with Gasteiger partial charge in [0.25, 0.3) is 0 Å². The van der Waals surface area contributed by atoms with E-state index in [2.05, 4.69) is 106 Å². The van der Waals surface area contributed by atoms with Crippen LogP contribution in [-0.2, 0) is 28.6 Å². The number of rotatable bonds is 41. The molecule has 0 fully saturated rings. The zero-order chi connectivity index (χ0) is 43.0. The van der Waals surface area contributed by atoms with Gasteiger partial charge in [-0.2, -0.15) is 0 Å². The highest BCUT2D eigenvalue weighted by molar-refractivity contribution is 5.72. The fourth-order valence-corrected chi connectivity index (χ4v) is 6.12. The number of carbonyl (C=O) groups is 3. The van der Waals surface area contributed by atoms with E-state index in [4.69, 9.17) is 14.2 Å². The van der Waals surface area contributed by atoms with Crippen LogP contribution >= 0.6 is 0 Å². The Labute approximate surface area is 362 Å². The molecule has 0 spiro atoms. The summed E-state index contributed by atoms with van der Waals surface area (Å²) in [7, 11) is 0. The van der Waals surface area contributed by atoms with Crippen molar-refractivity contribution in [2.75, 3.05) is 13.2 Å². The largest absolute Gasteiger partial charge is 0.462 e. The van der Waals surface area contributed by atoms with Gasteiger partial charge >= 0.3 is 17.9 Å². The first kappa shape index (κ1) is 55.3. The number of ether oxygens (including phenoxy) is 3. The average molecular weight is 819 g/mol. The summed E-state index contributed by atoms with van der Waals surface area (Å²) in [4.78, 5) is 37.7. The maximum absolute atomic E-state index is 12.7. The van der Waals surface area contributed by atoms with Crippen molar-refractivity contribution < 1.29 is 28.6 Å². The number of allylic oxidation sites excluding steroid dienone is 15. The van der Waals surface area contributed by atoms with Crippen LogP contribution in [0.4, 0.5) is 0 Å². The van der Waals surface area contributed by atoms with E-state index in [-0.39, 0.29) is 31.6 Å². The van der Waals surface area contributed by atoms with E-state index in [0.29, 0.717) is 12.8 Å². The van der Waals surface area contributed by atoms with Gasteiger partial charge < -0.3 is 14.2 Å². The molecular formula is C53H86O6. The van der Waals surface area contributed by atoms with Crippen molar-refractivity contribution >= 4 is 17.9 Å². The third-order valence-corrected chi connectivity index (χ3v) is 9.65. The molecule has 334 valence electrons. The third kappa shape index (κ3) is 45.3. The number of hydrogen-bond acceptors (Lipinski definition) is 6. The van der Waals surface area contributed by atoms with Gasteiger partial charge in [0.15, 0.2) is 6.10 Å². The monoisotopic (exact) mass is 819 g/mol. The fraction of sp³-hybridized carbons (Fsp3) is 0.642. The van der Waals surface area contributed by atoms with Crippen LogP contribution in [0, 0.1) is 0 Å². The molecule has 6 heteroatoms. The van der Waals surface area contributed by atoms with Crippen LogP contribution in [0.5, 0.6) is 0 Å². The maximum atomic E-state index is 12.7. The van der Waals surface area contributed by atoms with Crippen LogP contribution < -0.4 is 0 Å². The molecule has 0 saturated carbocycles. The number of hydrogen-bond donors (Lipinski definition) is 0. The summed E-state index contributed by atoms with van der Waals surface area (Å²) in [5, 5.41) is 0. The topological polar surface area (TPSA) is 78.9 Å². The molecule has 59 heavy (non-hydrogen) atoms. The molecule has 0 saturated heterocycles. The minimum Gasteiger partial charge on any atom is -0.462 e. The second-order valence-electron chi connectivity index (χ2n) is 15.3. The summed E-state index contributed by atoms with van der Waals surface area (Å²) in [6, 6.07) is 0. The highest BCUT2D eigenvalue weighted by Crippen LogP contribution is 2.13. The molecule has 0 radical (unpaired) electrons. The van der Waals surface area contributed by atoms with Crippen molar-refractivity contribution in [2.45, 2.75) is 207 Å². The summed E-state index contributed by atoms with van der Waals surface area (Å²) in [5.41, 5.74) is 0. The Bertz CT molecular complexity index is 1220. The molecule has 0 aliphatic heterocycles. The van der Waals surface area contributed by atoms with E-state index >= 15 is 0 Å². The van der Waals surface area contributed by atoms with Crippen molar-refractivity contribution in [3.8, 4) is 0 Å². The molecule has 0 heterocycles. The molecule has 0 amide bonds. The molecule has 0 bridgehead atoms. The lowest BCUT2D eigenvalue weighted by Gasteiger charge is -2.18. The van der Waals surface area contributed by atoms with Crippen LogP contribution in [0.2, 0.25) is 0 Å². The minimum atomic E-state index is -0.822. The van der Waals surface area contributed by atoms with Crippen LogP contribution in [0.25, 0.3) is 0 Å². The van der Waals surface area contributed by atoms with Crippen LogP contribution in [0.3, 0.4) is 0 Å². The van der Waals surface area contributed by atoms with Gasteiger partial charge in [0.2, 0.25) is 0 Å². The van der Waals surface area contributed by atoms with Gasteiger partial charge in [-0.05, 0) is 83.5 Å². The normalized spacial score (nSPS) is 12.9. The Morgan fingerprint density at radius 3 is 1.37 bits per heavy atom. The SMILES string of the molecule is CC\C=C/C=C\C=C/CCCCCCCCCC(=O)OC(COC(=O)C/C=C\C/C=C\C/C=C\CC)COC(=O)CCCCCCCCC/C=C\C/C=C\CCCCC. The first-order valence-corrected chi connectivity index (χ1v) is 23.8. The summed E-state index contributed by atoms with van der Waals surface area (Å²) in [6.07, 6.45) is 61.4. The van der Waals surface area contributed by atoms with Crippen LogP contribution in [-0.4, -0.2) is 37.2 Å². The number of carbonyl (C=O) groups excluding carboxylic acids is 3. The Kier molecular flexibility index (Phi) is 44.1. The molecule has 0 aliphatic rings. The maximum Gasteiger partial charge on any atom is 0.309 e. The highest BCUT2D eigenvalue weighted by atomic mass is 16.6. The van der Waals surface area contributed by atoms with Crippen LogP contribution in [0.1, 0.15) is 201 Å². The predicted octanol–water partition coefficient (Wildman–Crippen LogP) is 15.4. The molecular weight excluding hydrogens is 733 g/mol. The lowest BCUT2D eigenvalue weighted by Crippen LogP contribution is -2.30. The minimum absolute atomic E-state index is 0.115. The van der Waals surface area contributed by atoms with Crippen molar-refractivity contribution in [3.05, 3.63) is 97.2 Å². The average Bonchev–Trinajstić information content (AvgIpc) is 3.23. The van der Waals surface area contributed by atoms with Crippen molar-refractivity contribution in [3.63, 3.8) is 0 Å². The van der Waals surface area contributed by atoms with Gasteiger partial charge in [0.1, 0.15) is 13.2 Å². The van der Waals surface area contributed by atoms with Gasteiger partial charge in [0.05, 0.1) is 6.42 Å². The smallest absolute Gasteiger partial charge is 0.309 e. The molecule has 1 unspecified atom stereocenters. The molecule has 0 aliphatic carbocycles. The molecule has 0 aromatic heterocycles. The second kappa shape index (κ2) is 47.0. The quantitative estimate of drug-likeness (QED) is 0.0201. The van der Waals surface area contributed by atoms with E-state index in [1.807, 2.05) is 6.08 Å². The second-order valence-corrected chi connectivity index (χ2v) is 15.3. The Hall–Kier alpha value is -3.67. The van der Waals surface area contributed by atoms with E-state index in [1.54, 1.807) is 6.08 Å².